The van der Waals surface area contributed by atoms with Crippen molar-refractivity contribution in [2.45, 2.75) is 69.7 Å². The van der Waals surface area contributed by atoms with Crippen LogP contribution in [0.5, 0.6) is 0 Å². The molecule has 0 spiro atoms. The maximum Gasteiger partial charge on any atom is 0.389 e. The summed E-state index contributed by atoms with van der Waals surface area (Å²) in [4.78, 5) is 17.1. The first kappa shape index (κ1) is 28.4. The van der Waals surface area contributed by atoms with E-state index in [0.717, 1.165) is 0 Å². The Balaban J connectivity index is 1.69. The number of amides is 1. The molecule has 12 heteroatoms. The smallest absolute Gasteiger partial charge is 0.350 e. The third-order valence-electron chi connectivity index (χ3n) is 6.55. The number of sulfone groups is 1. The number of nitrogens with zero attached hydrogens (tertiary/aromatic N) is 2. The first-order valence-corrected chi connectivity index (χ1v) is 14.2. The van der Waals surface area contributed by atoms with Gasteiger partial charge < -0.3 is 5.32 Å². The molecule has 1 fully saturated rings. The molecule has 2 aromatic rings. The van der Waals surface area contributed by atoms with E-state index in [1.54, 1.807) is 6.92 Å². The van der Waals surface area contributed by atoms with Crippen LogP contribution < -0.4 is 5.32 Å². The van der Waals surface area contributed by atoms with Crippen molar-refractivity contribution in [1.82, 2.24) is 14.9 Å². The number of aryl methyl sites for hydroxylation is 2. The number of carbonyl (C=O) groups excluding carboxylic acids is 1. The van der Waals surface area contributed by atoms with Crippen LogP contribution >= 0.6 is 11.6 Å². The molecule has 36 heavy (non-hydrogen) atoms. The highest BCUT2D eigenvalue weighted by Gasteiger charge is 2.29. The van der Waals surface area contributed by atoms with Crippen LogP contribution in [-0.2, 0) is 22.7 Å². The van der Waals surface area contributed by atoms with E-state index in [0.29, 0.717) is 50.0 Å². The van der Waals surface area contributed by atoms with E-state index in [2.05, 4.69) is 10.3 Å². The zero-order valence-electron chi connectivity index (χ0n) is 20.2. The lowest BCUT2D eigenvalue weighted by atomic mass is 9.89. The summed E-state index contributed by atoms with van der Waals surface area (Å²) in [5.41, 5.74) is 0.437. The normalized spacial score (nSPS) is 18.9. The molecule has 1 aromatic heterocycles. The number of halogens is 5. The highest BCUT2D eigenvalue weighted by atomic mass is 35.5. The molecular weight excluding hydrogens is 522 g/mol. The van der Waals surface area contributed by atoms with Gasteiger partial charge in [0.1, 0.15) is 26.6 Å². The van der Waals surface area contributed by atoms with Crippen LogP contribution in [0.4, 0.5) is 17.6 Å². The molecule has 0 radical (unpaired) electrons. The minimum Gasteiger partial charge on any atom is -0.350 e. The fourth-order valence-corrected chi connectivity index (χ4v) is 5.98. The maximum atomic E-state index is 14.9. The average molecular weight is 552 g/mol. The Morgan fingerprint density at radius 1 is 1.22 bits per heavy atom. The summed E-state index contributed by atoms with van der Waals surface area (Å²) < 4.78 is 76.9. The second-order valence-electron chi connectivity index (χ2n) is 9.29. The Labute approximate surface area is 213 Å². The van der Waals surface area contributed by atoms with Crippen molar-refractivity contribution in [2.24, 2.45) is 5.92 Å². The molecule has 0 saturated heterocycles. The van der Waals surface area contributed by atoms with E-state index in [1.807, 2.05) is 0 Å². The first-order valence-electron chi connectivity index (χ1n) is 11.9. The Kier molecular flexibility index (Phi) is 9.08. The van der Waals surface area contributed by atoms with E-state index in [9.17, 15) is 30.8 Å². The van der Waals surface area contributed by atoms with Gasteiger partial charge in [0.2, 0.25) is 0 Å². The monoisotopic (exact) mass is 551 g/mol. The lowest BCUT2D eigenvalue weighted by molar-refractivity contribution is -0.135. The minimum atomic E-state index is -4.26. The fraction of sp³-hybridized carbons (Fsp3) is 0.583. The van der Waals surface area contributed by atoms with Gasteiger partial charge in [0.15, 0.2) is 5.69 Å². The Morgan fingerprint density at radius 3 is 2.44 bits per heavy atom. The number of hydrogen-bond donors (Lipinski definition) is 1. The van der Waals surface area contributed by atoms with E-state index < -0.39 is 34.2 Å². The Hall–Kier alpha value is -2.14. The molecule has 1 N–H and O–H groups in total. The van der Waals surface area contributed by atoms with Gasteiger partial charge in [-0.3, -0.25) is 9.36 Å². The van der Waals surface area contributed by atoms with Crippen LogP contribution in [0.3, 0.4) is 0 Å². The number of carbonyl (C=O) groups is 1. The molecule has 1 heterocycles. The number of hydrogen-bond acceptors (Lipinski definition) is 4. The molecule has 1 aliphatic rings. The highest BCUT2D eigenvalue weighted by molar-refractivity contribution is 7.91. The maximum absolute atomic E-state index is 14.9. The summed E-state index contributed by atoms with van der Waals surface area (Å²) in [7, 11) is -3.07. The van der Waals surface area contributed by atoms with Gasteiger partial charge >= 0.3 is 6.18 Å². The van der Waals surface area contributed by atoms with Crippen LogP contribution in [0.25, 0.3) is 5.69 Å². The van der Waals surface area contributed by atoms with Crippen LogP contribution in [0.1, 0.15) is 67.3 Å². The molecule has 1 saturated carbocycles. The van der Waals surface area contributed by atoms with Crippen molar-refractivity contribution in [3.63, 3.8) is 0 Å². The molecule has 0 bridgehead atoms. The summed E-state index contributed by atoms with van der Waals surface area (Å²) in [6.45, 7) is 2.13. The van der Waals surface area contributed by atoms with Gasteiger partial charge in [-0.25, -0.2) is 17.8 Å². The summed E-state index contributed by atoms with van der Waals surface area (Å²) in [6, 6.07) is 4.14. The van der Waals surface area contributed by atoms with Crippen LogP contribution in [0, 0.1) is 11.7 Å². The molecule has 0 unspecified atom stereocenters. The zero-order chi connectivity index (χ0) is 26.7. The first-order chi connectivity index (χ1) is 16.8. The number of aromatic nitrogens is 2. The van der Waals surface area contributed by atoms with Crippen molar-refractivity contribution in [2.75, 3.05) is 12.8 Å². The van der Waals surface area contributed by atoms with E-state index >= 15 is 0 Å². The van der Waals surface area contributed by atoms with Gasteiger partial charge in [-0.2, -0.15) is 13.2 Å². The van der Waals surface area contributed by atoms with Gasteiger partial charge in [-0.1, -0.05) is 24.6 Å². The lowest BCUT2D eigenvalue weighted by Crippen LogP contribution is -2.34. The van der Waals surface area contributed by atoms with Gasteiger partial charge in [-0.05, 0) is 62.1 Å². The minimum absolute atomic E-state index is 0.0491. The van der Waals surface area contributed by atoms with E-state index in [1.165, 1.54) is 29.0 Å². The molecule has 0 atom stereocenters. The summed E-state index contributed by atoms with van der Waals surface area (Å²) in [5, 5.41) is 2.40. The van der Waals surface area contributed by atoms with Crippen LogP contribution in [-0.4, -0.2) is 48.1 Å². The standard InChI is InChI=1S/C24H30ClF4N3O3S/c1-3-20-31-21(23(33)30-14-16-6-9-17(10-7-16)36(2,34)35)22(25)32(20)19-11-8-15(13-18(19)26)5-4-12-24(27,28)29/h8,11,13,16-17H,3-7,9-10,12,14H2,1-2H3,(H,30,33)/t16-,17-. The third-order valence-corrected chi connectivity index (χ3v) is 8.58. The van der Waals surface area contributed by atoms with Crippen molar-refractivity contribution >= 4 is 27.3 Å². The molecule has 6 nitrogen and oxygen atoms in total. The van der Waals surface area contributed by atoms with E-state index in [4.69, 9.17) is 11.6 Å². The molecular formula is C24H30ClF4N3O3S. The number of rotatable bonds is 9. The number of imidazole rings is 1. The van der Waals surface area contributed by atoms with Crippen molar-refractivity contribution < 1.29 is 30.8 Å². The van der Waals surface area contributed by atoms with Crippen molar-refractivity contribution in [1.29, 1.82) is 0 Å². The lowest BCUT2D eigenvalue weighted by Gasteiger charge is -2.27. The Morgan fingerprint density at radius 2 is 1.89 bits per heavy atom. The highest BCUT2D eigenvalue weighted by Crippen LogP contribution is 2.29. The van der Waals surface area contributed by atoms with Crippen LogP contribution in [0.2, 0.25) is 5.15 Å². The predicted octanol–water partition coefficient (Wildman–Crippen LogP) is 5.45. The molecule has 0 aliphatic heterocycles. The molecule has 200 valence electrons. The SMILES string of the molecule is CCc1nc(C(=O)NC[C@H]2CC[C@H](S(C)(=O)=O)CC2)c(Cl)n1-c1ccc(CCCC(F)(F)F)cc1F. The van der Waals surface area contributed by atoms with Crippen molar-refractivity contribution in [3.05, 3.63) is 46.3 Å². The molecule has 1 aromatic carbocycles. The molecule has 1 aliphatic carbocycles. The van der Waals surface area contributed by atoms with Gasteiger partial charge in [-0.15, -0.1) is 0 Å². The largest absolute Gasteiger partial charge is 0.389 e. The number of nitrogens with one attached hydrogen (secondary N) is 1. The fourth-order valence-electron chi connectivity index (χ4n) is 4.54. The van der Waals surface area contributed by atoms with Crippen molar-refractivity contribution in [3.8, 4) is 5.69 Å². The third kappa shape index (κ3) is 7.21. The van der Waals surface area contributed by atoms with E-state index in [-0.39, 0.29) is 40.5 Å². The second-order valence-corrected chi connectivity index (χ2v) is 12.0. The number of alkyl halides is 3. The molecule has 1 amide bonds. The quantitative estimate of drug-likeness (QED) is 0.421. The Bertz CT molecular complexity index is 1190. The number of benzene rings is 1. The van der Waals surface area contributed by atoms with Gasteiger partial charge in [0.05, 0.1) is 10.9 Å². The van der Waals surface area contributed by atoms with Crippen LogP contribution in [0.15, 0.2) is 18.2 Å². The summed E-state index contributed by atoms with van der Waals surface area (Å²) >= 11 is 6.46. The topological polar surface area (TPSA) is 81.1 Å². The zero-order valence-corrected chi connectivity index (χ0v) is 21.7. The summed E-state index contributed by atoms with van der Waals surface area (Å²) in [6.07, 6.45) is -1.19. The van der Waals surface area contributed by atoms with Gasteiger partial charge in [0, 0.05) is 25.6 Å². The molecule has 3 rings (SSSR count). The second kappa shape index (κ2) is 11.5. The predicted molar refractivity (Wildman–Crippen MR) is 130 cm³/mol. The summed E-state index contributed by atoms with van der Waals surface area (Å²) in [5.74, 6) is -0.686. The average Bonchev–Trinajstić information content (AvgIpc) is 3.12. The van der Waals surface area contributed by atoms with Gasteiger partial charge in [0.25, 0.3) is 5.91 Å².